The van der Waals surface area contributed by atoms with Crippen LogP contribution < -0.4 is 10.0 Å². The van der Waals surface area contributed by atoms with Gasteiger partial charge in [-0.3, -0.25) is 0 Å². The number of anilines is 1. The van der Waals surface area contributed by atoms with Gasteiger partial charge in [-0.25, -0.2) is 9.52 Å². The Morgan fingerprint density at radius 1 is 1.14 bits per heavy atom. The number of carbonyl (C=O) groups is 1. The molecule has 150 valence electrons. The summed E-state index contributed by atoms with van der Waals surface area (Å²) in [6.07, 6.45) is 7.16. The molecule has 0 saturated heterocycles. The van der Waals surface area contributed by atoms with E-state index in [0.29, 0.717) is 5.56 Å². The van der Waals surface area contributed by atoms with Gasteiger partial charge < -0.3 is 14.8 Å². The number of urea groups is 1. The third-order valence-electron chi connectivity index (χ3n) is 5.64. The van der Waals surface area contributed by atoms with E-state index in [1.165, 1.54) is 23.5 Å². The number of furan rings is 1. The van der Waals surface area contributed by atoms with Crippen molar-refractivity contribution < 1.29 is 22.7 Å². The number of amides is 2. The third kappa shape index (κ3) is 3.42. The van der Waals surface area contributed by atoms with Crippen LogP contribution in [0.5, 0.6) is 0 Å². The van der Waals surface area contributed by atoms with Gasteiger partial charge in [0.1, 0.15) is 0 Å². The Morgan fingerprint density at radius 3 is 2.39 bits per heavy atom. The molecule has 4 rings (SSSR count). The van der Waals surface area contributed by atoms with Gasteiger partial charge in [0.2, 0.25) is 5.09 Å². The van der Waals surface area contributed by atoms with Crippen LogP contribution in [-0.4, -0.2) is 26.2 Å². The number of benzene rings is 1. The summed E-state index contributed by atoms with van der Waals surface area (Å²) in [7, 11) is -4.14. The molecular formula is C20H24N2O5S. The maximum Gasteiger partial charge on any atom is 0.333 e. The quantitative estimate of drug-likeness (QED) is 0.710. The maximum absolute atomic E-state index is 12.5. The summed E-state index contributed by atoms with van der Waals surface area (Å²) in [5, 5.41) is 11.6. The molecule has 2 amide bonds. The lowest BCUT2D eigenvalue weighted by atomic mass is 9.99. The van der Waals surface area contributed by atoms with Gasteiger partial charge in [-0.2, -0.15) is 8.42 Å². The van der Waals surface area contributed by atoms with E-state index in [4.69, 9.17) is 4.42 Å². The van der Waals surface area contributed by atoms with Gasteiger partial charge in [-0.15, -0.1) is 0 Å². The van der Waals surface area contributed by atoms with Crippen molar-refractivity contribution in [3.63, 3.8) is 0 Å². The van der Waals surface area contributed by atoms with Gasteiger partial charge >= 0.3 is 6.03 Å². The highest BCUT2D eigenvalue weighted by molar-refractivity contribution is 7.89. The monoisotopic (exact) mass is 404 g/mol. The van der Waals surface area contributed by atoms with Gasteiger partial charge in [0, 0.05) is 24.3 Å². The van der Waals surface area contributed by atoms with E-state index >= 15 is 0 Å². The number of aryl methyl sites for hydroxylation is 2. The van der Waals surface area contributed by atoms with Crippen LogP contribution in [0, 0.1) is 0 Å². The summed E-state index contributed by atoms with van der Waals surface area (Å²) in [5.74, 6) is -0.254. The lowest BCUT2D eigenvalue weighted by Gasteiger charge is -2.16. The van der Waals surface area contributed by atoms with E-state index in [9.17, 15) is 18.3 Å². The van der Waals surface area contributed by atoms with Crippen LogP contribution in [0.3, 0.4) is 0 Å². The fourth-order valence-electron chi connectivity index (χ4n) is 4.11. The van der Waals surface area contributed by atoms with Crippen molar-refractivity contribution in [1.29, 1.82) is 0 Å². The minimum Gasteiger partial charge on any atom is -0.451 e. The zero-order chi connectivity index (χ0) is 19.9. The second kappa shape index (κ2) is 7.25. The highest BCUT2D eigenvalue weighted by atomic mass is 32.2. The third-order valence-corrected chi connectivity index (χ3v) is 6.84. The maximum atomic E-state index is 12.5. The smallest absolute Gasteiger partial charge is 0.333 e. The predicted octanol–water partition coefficient (Wildman–Crippen LogP) is 2.86. The van der Waals surface area contributed by atoms with E-state index in [2.05, 4.69) is 11.4 Å². The van der Waals surface area contributed by atoms with Crippen molar-refractivity contribution in [2.24, 2.45) is 0 Å². The molecule has 0 bridgehead atoms. The lowest BCUT2D eigenvalue weighted by molar-refractivity contribution is 0.256. The Hall–Kier alpha value is -2.32. The van der Waals surface area contributed by atoms with Gasteiger partial charge in [0.15, 0.2) is 0 Å². The normalized spacial score (nSPS) is 16.5. The van der Waals surface area contributed by atoms with Crippen LogP contribution in [0.2, 0.25) is 0 Å². The summed E-state index contributed by atoms with van der Waals surface area (Å²) in [6, 6.07) is 2.79. The van der Waals surface area contributed by atoms with Crippen molar-refractivity contribution in [2.75, 3.05) is 11.9 Å². The van der Waals surface area contributed by atoms with Crippen LogP contribution in [0.1, 0.15) is 53.5 Å². The topological polar surface area (TPSA) is 109 Å². The highest BCUT2D eigenvalue weighted by Crippen LogP contribution is 2.38. The second-order valence-electron chi connectivity index (χ2n) is 7.58. The highest BCUT2D eigenvalue weighted by Gasteiger charge is 2.27. The molecule has 1 unspecified atom stereocenters. The largest absolute Gasteiger partial charge is 0.451 e. The molecule has 1 aromatic carbocycles. The number of rotatable bonds is 5. The number of nitrogens with one attached hydrogen (secondary N) is 2. The molecule has 1 atom stereocenters. The molecule has 28 heavy (non-hydrogen) atoms. The standard InChI is InChI=1S/C20H24N2O5S/c1-12(10-23)15-9-18(27-11-15)28(25,26)22-20(24)21-19-16-6-2-4-13(16)8-14-5-3-7-17(14)19/h8-9,11-12,23H,2-7,10H2,1H3,(H2,21,22,24). The van der Waals surface area contributed by atoms with E-state index in [1.807, 2.05) is 4.72 Å². The van der Waals surface area contributed by atoms with Crippen molar-refractivity contribution in [2.45, 2.75) is 56.5 Å². The number of aliphatic hydroxyl groups excluding tert-OH is 1. The summed E-state index contributed by atoms with van der Waals surface area (Å²) in [4.78, 5) is 12.5. The molecular weight excluding hydrogens is 380 g/mol. The van der Waals surface area contributed by atoms with Crippen LogP contribution in [-0.2, 0) is 35.7 Å². The van der Waals surface area contributed by atoms with Crippen LogP contribution in [0.15, 0.2) is 27.9 Å². The molecule has 0 saturated carbocycles. The van der Waals surface area contributed by atoms with Crippen LogP contribution in [0.25, 0.3) is 0 Å². The van der Waals surface area contributed by atoms with Crippen LogP contribution in [0.4, 0.5) is 10.5 Å². The number of fused-ring (bicyclic) bond motifs is 2. The van der Waals surface area contributed by atoms with Gasteiger partial charge in [-0.05, 0) is 66.3 Å². The molecule has 0 radical (unpaired) electrons. The second-order valence-corrected chi connectivity index (χ2v) is 9.19. The Kier molecular flexibility index (Phi) is 4.93. The zero-order valence-corrected chi connectivity index (χ0v) is 16.6. The molecule has 8 heteroatoms. The molecule has 2 aromatic rings. The van der Waals surface area contributed by atoms with E-state index in [1.54, 1.807) is 6.92 Å². The minimum absolute atomic E-state index is 0.128. The number of carbonyl (C=O) groups excluding carboxylic acids is 1. The molecule has 3 N–H and O–H groups in total. The molecule has 2 aliphatic rings. The summed E-state index contributed by atoms with van der Waals surface area (Å²) >= 11 is 0. The predicted molar refractivity (Wildman–Crippen MR) is 104 cm³/mol. The number of sulfonamides is 1. The Balaban J connectivity index is 1.55. The number of hydrogen-bond acceptors (Lipinski definition) is 5. The molecule has 0 aliphatic heterocycles. The fourth-order valence-corrected chi connectivity index (χ4v) is 4.98. The molecule has 0 fully saturated rings. The summed E-state index contributed by atoms with van der Waals surface area (Å²) in [5.41, 5.74) is 6.11. The Labute approximate surface area is 164 Å². The first kappa shape index (κ1) is 19.0. The fraction of sp³-hybridized carbons (Fsp3) is 0.450. The lowest BCUT2D eigenvalue weighted by Crippen LogP contribution is -2.34. The first-order valence-corrected chi connectivity index (χ1v) is 11.1. The Bertz CT molecular complexity index is 993. The van der Waals surface area contributed by atoms with E-state index in [-0.39, 0.29) is 17.6 Å². The first-order valence-electron chi connectivity index (χ1n) is 9.58. The first-order chi connectivity index (χ1) is 13.4. The van der Waals surface area contributed by atoms with E-state index < -0.39 is 16.1 Å². The average molecular weight is 404 g/mol. The summed E-state index contributed by atoms with van der Waals surface area (Å²) < 4.78 is 32.1. The van der Waals surface area contributed by atoms with Gasteiger partial charge in [0.05, 0.1) is 6.26 Å². The molecule has 7 nitrogen and oxygen atoms in total. The van der Waals surface area contributed by atoms with E-state index in [0.717, 1.165) is 55.3 Å². The van der Waals surface area contributed by atoms with Crippen molar-refractivity contribution in [3.05, 3.63) is 46.2 Å². The zero-order valence-electron chi connectivity index (χ0n) is 15.7. The molecule has 2 aliphatic carbocycles. The van der Waals surface area contributed by atoms with Crippen LogP contribution >= 0.6 is 0 Å². The SMILES string of the molecule is CC(CO)c1coc(S(=O)(=O)NC(=O)Nc2c3c(cc4c2CCC4)CCC3)c1. The van der Waals surface area contributed by atoms with Crippen molar-refractivity contribution in [1.82, 2.24) is 4.72 Å². The number of aliphatic hydroxyl groups is 1. The molecule has 0 spiro atoms. The van der Waals surface area contributed by atoms with Gasteiger partial charge in [-0.1, -0.05) is 13.0 Å². The van der Waals surface area contributed by atoms with Crippen molar-refractivity contribution >= 4 is 21.7 Å². The number of hydrogen-bond donors (Lipinski definition) is 3. The average Bonchev–Trinajstić information content (AvgIpc) is 3.39. The minimum atomic E-state index is -4.14. The molecule has 1 heterocycles. The van der Waals surface area contributed by atoms with Crippen molar-refractivity contribution in [3.8, 4) is 0 Å². The van der Waals surface area contributed by atoms with Gasteiger partial charge in [0.25, 0.3) is 10.0 Å². The summed E-state index contributed by atoms with van der Waals surface area (Å²) in [6.45, 7) is 1.62. The molecule has 1 aromatic heterocycles. The Morgan fingerprint density at radius 2 is 1.79 bits per heavy atom.